The van der Waals surface area contributed by atoms with Crippen LogP contribution in [0.4, 0.5) is 0 Å². The number of aliphatic hydroxyl groups is 4. The van der Waals surface area contributed by atoms with Gasteiger partial charge in [-0.2, -0.15) is 0 Å². The summed E-state index contributed by atoms with van der Waals surface area (Å²) in [4.78, 5) is 3.74. The minimum absolute atomic E-state index is 0.434. The van der Waals surface area contributed by atoms with E-state index in [-0.39, 0.29) is 0 Å². The largest absolute Gasteiger partial charge is 0.482 e. The van der Waals surface area contributed by atoms with E-state index in [0.29, 0.717) is 6.54 Å². The summed E-state index contributed by atoms with van der Waals surface area (Å²) in [5.41, 5.74) is 0. The van der Waals surface area contributed by atoms with Gasteiger partial charge in [0.25, 0.3) is 0 Å². The molecule has 0 aliphatic carbocycles. The van der Waals surface area contributed by atoms with Crippen LogP contribution in [0.25, 0.3) is 0 Å². The third kappa shape index (κ3) is 5.85. The van der Waals surface area contributed by atoms with Gasteiger partial charge in [0, 0.05) is 0 Å². The number of hydrogen-bond acceptors (Lipinski definition) is 8. The van der Waals surface area contributed by atoms with E-state index in [0.717, 1.165) is 26.0 Å². The minimum atomic E-state index is -1.22. The van der Waals surface area contributed by atoms with Crippen LogP contribution in [0.5, 0.6) is 0 Å². The molecule has 0 spiro atoms. The Hall–Kier alpha value is -0.770. The number of nitrogens with one attached hydrogen (secondary N) is 1. The molecule has 124 valence electrons. The molecule has 0 bridgehead atoms. The van der Waals surface area contributed by atoms with Crippen LogP contribution in [0.3, 0.4) is 0 Å². The van der Waals surface area contributed by atoms with Gasteiger partial charge >= 0.3 is 0 Å². The first-order chi connectivity index (χ1) is 10.1. The lowest BCUT2D eigenvalue weighted by Gasteiger charge is -2.40. The molecule has 5 N–H and O–H groups in total. The van der Waals surface area contributed by atoms with Crippen molar-refractivity contribution in [2.45, 2.75) is 50.4 Å². The molecule has 1 fully saturated rings. The van der Waals surface area contributed by atoms with Crippen molar-refractivity contribution in [2.24, 2.45) is 4.99 Å². The highest BCUT2D eigenvalue weighted by Gasteiger charge is 2.43. The van der Waals surface area contributed by atoms with Gasteiger partial charge < -0.3 is 35.2 Å². The lowest BCUT2D eigenvalue weighted by Crippen LogP contribution is -2.63. The number of aliphatic imine (C=N–C) groups is 1. The van der Waals surface area contributed by atoms with Crippen molar-refractivity contribution >= 4 is 6.40 Å². The highest BCUT2D eigenvalue weighted by molar-refractivity contribution is 5.47. The maximum absolute atomic E-state index is 9.75. The van der Waals surface area contributed by atoms with Crippen molar-refractivity contribution in [1.29, 1.82) is 0 Å². The van der Waals surface area contributed by atoms with E-state index < -0.39 is 37.3 Å². The maximum Gasteiger partial charge on any atom is 0.173 e. The van der Waals surface area contributed by atoms with Gasteiger partial charge in [0.05, 0.1) is 19.2 Å². The molecule has 2 aliphatic rings. The van der Waals surface area contributed by atoms with E-state index in [2.05, 4.69) is 15.0 Å². The Labute approximate surface area is 124 Å². The summed E-state index contributed by atoms with van der Waals surface area (Å²) >= 11 is 0. The molecule has 2 heterocycles. The molecule has 21 heavy (non-hydrogen) atoms. The third-order valence-electron chi connectivity index (χ3n) is 3.30. The van der Waals surface area contributed by atoms with E-state index >= 15 is 0 Å². The molecule has 1 unspecified atom stereocenters. The fourth-order valence-electron chi connectivity index (χ4n) is 2.03. The Bertz CT molecular complexity index is 298. The molecule has 8 heteroatoms. The lowest BCUT2D eigenvalue weighted by molar-refractivity contribution is -0.254. The Balaban J connectivity index is 0.000000369. The van der Waals surface area contributed by atoms with Gasteiger partial charge in [-0.25, -0.2) is 0 Å². The molecule has 5 atom stereocenters. The zero-order chi connectivity index (χ0) is 15.7. The lowest BCUT2D eigenvalue weighted by atomic mass is 9.97. The van der Waals surface area contributed by atoms with Crippen molar-refractivity contribution in [3.63, 3.8) is 0 Å². The van der Waals surface area contributed by atoms with Gasteiger partial charge in [0.15, 0.2) is 12.7 Å². The highest BCUT2D eigenvalue weighted by Crippen LogP contribution is 2.19. The van der Waals surface area contributed by atoms with E-state index in [1.807, 2.05) is 6.92 Å². The first kappa shape index (κ1) is 18.3. The second-order valence-electron chi connectivity index (χ2n) is 4.94. The average Bonchev–Trinajstić information content (AvgIpc) is 3.06. The summed E-state index contributed by atoms with van der Waals surface area (Å²) in [6.45, 7) is 3.86. The highest BCUT2D eigenvalue weighted by atomic mass is 16.6. The Morgan fingerprint density at radius 2 is 2.05 bits per heavy atom. The maximum atomic E-state index is 9.75. The zero-order valence-corrected chi connectivity index (χ0v) is 12.3. The van der Waals surface area contributed by atoms with Crippen molar-refractivity contribution in [1.82, 2.24) is 5.32 Å². The van der Waals surface area contributed by atoms with E-state index in [9.17, 15) is 15.3 Å². The fraction of sp³-hybridized carbons (Fsp3) is 0.923. The first-order valence-corrected chi connectivity index (χ1v) is 7.25. The van der Waals surface area contributed by atoms with Crippen molar-refractivity contribution in [3.05, 3.63) is 0 Å². The number of unbranched alkanes of at least 4 members (excludes halogenated alkanes) is 1. The molecule has 2 aliphatic heterocycles. The molecule has 0 aromatic rings. The SMILES string of the molecule is C1=NCCO1.CCCCN[C@H]1C(O)O[C@H](CO)[C@@H](O)[C@@H]1O. The topological polar surface area (TPSA) is 124 Å². The van der Waals surface area contributed by atoms with Gasteiger partial charge in [0.2, 0.25) is 0 Å². The summed E-state index contributed by atoms with van der Waals surface area (Å²) in [6.07, 6.45) is -1.09. The van der Waals surface area contributed by atoms with E-state index in [1.54, 1.807) is 0 Å². The Morgan fingerprint density at radius 1 is 1.29 bits per heavy atom. The first-order valence-electron chi connectivity index (χ1n) is 7.25. The predicted octanol–water partition coefficient (Wildman–Crippen LogP) is -1.78. The van der Waals surface area contributed by atoms with Gasteiger partial charge in [-0.3, -0.25) is 4.99 Å². The Kier molecular flexibility index (Phi) is 8.74. The van der Waals surface area contributed by atoms with E-state index in [4.69, 9.17) is 9.84 Å². The zero-order valence-electron chi connectivity index (χ0n) is 12.3. The quantitative estimate of drug-likeness (QED) is 0.380. The van der Waals surface area contributed by atoms with Gasteiger partial charge in [-0.05, 0) is 13.0 Å². The fourth-order valence-corrected chi connectivity index (χ4v) is 2.03. The summed E-state index contributed by atoms with van der Waals surface area (Å²) in [5, 5.41) is 40.7. The van der Waals surface area contributed by atoms with Crippen molar-refractivity contribution in [2.75, 3.05) is 26.3 Å². The number of nitrogens with zero attached hydrogens (tertiary/aromatic N) is 1. The van der Waals surface area contributed by atoms with Crippen molar-refractivity contribution in [3.8, 4) is 0 Å². The van der Waals surface area contributed by atoms with Crippen LogP contribution in [0.2, 0.25) is 0 Å². The molecule has 0 amide bonds. The average molecular weight is 306 g/mol. The van der Waals surface area contributed by atoms with Crippen molar-refractivity contribution < 1.29 is 29.9 Å². The number of ether oxygens (including phenoxy) is 2. The predicted molar refractivity (Wildman–Crippen MR) is 76.0 cm³/mol. The molecule has 0 aromatic carbocycles. The van der Waals surface area contributed by atoms with Crippen LogP contribution < -0.4 is 5.32 Å². The molecular weight excluding hydrogens is 280 g/mol. The second-order valence-corrected chi connectivity index (χ2v) is 4.94. The normalized spacial score (nSPS) is 35.0. The molecule has 0 radical (unpaired) electrons. The Morgan fingerprint density at radius 3 is 2.52 bits per heavy atom. The molecule has 1 saturated heterocycles. The summed E-state index contributed by atoms with van der Waals surface area (Å²) in [7, 11) is 0. The minimum Gasteiger partial charge on any atom is -0.482 e. The summed E-state index contributed by atoms with van der Waals surface area (Å²) in [5.74, 6) is 0. The van der Waals surface area contributed by atoms with E-state index in [1.165, 1.54) is 6.40 Å². The van der Waals surface area contributed by atoms with Crippen LogP contribution in [0, 0.1) is 0 Å². The molecule has 0 saturated carbocycles. The van der Waals surface area contributed by atoms with Crippen LogP contribution >= 0.6 is 0 Å². The van der Waals surface area contributed by atoms with Gasteiger partial charge in [-0.1, -0.05) is 13.3 Å². The molecule has 8 nitrogen and oxygen atoms in total. The van der Waals surface area contributed by atoms with Crippen LogP contribution in [-0.4, -0.2) is 83.8 Å². The summed E-state index contributed by atoms with van der Waals surface area (Å²) in [6, 6.07) is -0.718. The van der Waals surface area contributed by atoms with Crippen LogP contribution in [0.1, 0.15) is 19.8 Å². The second kappa shape index (κ2) is 10.0. The van der Waals surface area contributed by atoms with Gasteiger partial charge in [-0.15, -0.1) is 0 Å². The molecule has 2 rings (SSSR count). The number of aliphatic hydroxyl groups excluding tert-OH is 4. The summed E-state index contributed by atoms with van der Waals surface area (Å²) < 4.78 is 9.65. The standard InChI is InChI=1S/C10H21NO5.C3H5NO/c1-2-3-4-11-7-9(14)8(13)6(5-12)16-10(7)15;1-2-5-3-4-1/h6-15H,2-5H2,1H3;3H,1-2H2/t6-,7-,8-,9-,10?;/m1./s1. The van der Waals surface area contributed by atoms with Crippen LogP contribution in [0.15, 0.2) is 4.99 Å². The van der Waals surface area contributed by atoms with Gasteiger partial charge in [0.1, 0.15) is 24.9 Å². The number of hydrogen-bond donors (Lipinski definition) is 5. The smallest absolute Gasteiger partial charge is 0.173 e. The van der Waals surface area contributed by atoms with Crippen LogP contribution in [-0.2, 0) is 9.47 Å². The third-order valence-corrected chi connectivity index (χ3v) is 3.30. The monoisotopic (exact) mass is 306 g/mol. The number of rotatable bonds is 5. The molecular formula is C13H26N2O6. The molecule has 0 aromatic heterocycles.